The highest BCUT2D eigenvalue weighted by molar-refractivity contribution is 7.19. The van der Waals surface area contributed by atoms with E-state index in [0.717, 1.165) is 46.6 Å². The van der Waals surface area contributed by atoms with Crippen molar-refractivity contribution in [3.8, 4) is 0 Å². The molecule has 3 fully saturated rings. The van der Waals surface area contributed by atoms with Gasteiger partial charge in [0.25, 0.3) is 0 Å². The molecule has 36 heavy (non-hydrogen) atoms. The molecule has 0 spiro atoms. The lowest BCUT2D eigenvalue weighted by Crippen LogP contribution is -2.65. The quantitative estimate of drug-likeness (QED) is 0.188. The third kappa shape index (κ3) is 4.68. The largest absolute Gasteiger partial charge is 0.454 e. The molecule has 2 aromatic carbocycles. The van der Waals surface area contributed by atoms with E-state index in [1.807, 2.05) is 47.8 Å². The molecule has 0 unspecified atom stereocenters. The van der Waals surface area contributed by atoms with Crippen LogP contribution in [-0.4, -0.2) is 53.5 Å². The van der Waals surface area contributed by atoms with Crippen molar-refractivity contribution in [2.75, 3.05) is 31.5 Å². The molecule has 3 aliphatic rings. The minimum Gasteiger partial charge on any atom is -0.454 e. The Labute approximate surface area is 218 Å². The molecule has 184 valence electrons. The second-order valence-electron chi connectivity index (χ2n) is 9.83. The zero-order valence-corrected chi connectivity index (χ0v) is 21.5. The van der Waals surface area contributed by atoms with E-state index in [4.69, 9.17) is 4.74 Å². The van der Waals surface area contributed by atoms with Crippen LogP contribution < -0.4 is 5.32 Å². The van der Waals surface area contributed by atoms with Gasteiger partial charge in [-0.15, -0.1) is 22.7 Å². The van der Waals surface area contributed by atoms with E-state index < -0.39 is 6.04 Å². The Morgan fingerprint density at radius 3 is 2.61 bits per heavy atom. The molecule has 1 N–H and O–H groups in total. The van der Waals surface area contributed by atoms with Gasteiger partial charge in [0.2, 0.25) is 5.78 Å². The summed E-state index contributed by atoms with van der Waals surface area (Å²) in [4.78, 5) is 31.8. The number of thiazole rings is 1. The van der Waals surface area contributed by atoms with Gasteiger partial charge in [0, 0.05) is 45.6 Å². The van der Waals surface area contributed by atoms with Crippen LogP contribution in [0.15, 0.2) is 72.2 Å². The van der Waals surface area contributed by atoms with Gasteiger partial charge in [-0.1, -0.05) is 36.4 Å². The van der Waals surface area contributed by atoms with Gasteiger partial charge in [0.15, 0.2) is 17.2 Å². The van der Waals surface area contributed by atoms with Crippen molar-refractivity contribution in [3.63, 3.8) is 0 Å². The summed E-state index contributed by atoms with van der Waals surface area (Å²) >= 11 is 3.01. The highest BCUT2D eigenvalue weighted by Gasteiger charge is 2.49. The van der Waals surface area contributed by atoms with Gasteiger partial charge in [0.1, 0.15) is 13.1 Å². The summed E-state index contributed by atoms with van der Waals surface area (Å²) in [6, 6.07) is 19.5. The summed E-state index contributed by atoms with van der Waals surface area (Å²) in [5.41, 5.74) is 0.878. The minimum absolute atomic E-state index is 0.0873. The predicted octanol–water partition coefficient (Wildman–Crippen LogP) is 5.55. The third-order valence-corrected chi connectivity index (χ3v) is 9.50. The number of carbonyl (C=O) groups excluding carboxylic acids is 2. The first-order valence-corrected chi connectivity index (χ1v) is 14.1. The molecule has 3 aliphatic heterocycles. The van der Waals surface area contributed by atoms with Crippen molar-refractivity contribution >= 4 is 50.2 Å². The molecule has 8 heteroatoms. The molecular weight excluding hydrogens is 490 g/mol. The molecule has 0 aliphatic carbocycles. The Hall–Kier alpha value is -3.07. The van der Waals surface area contributed by atoms with E-state index >= 15 is 0 Å². The minimum atomic E-state index is -0.592. The zero-order valence-electron chi connectivity index (χ0n) is 19.8. The summed E-state index contributed by atoms with van der Waals surface area (Å²) < 4.78 is 8.11. The number of para-hydroxylation sites is 1. The normalized spacial score (nSPS) is 23.9. The first-order chi connectivity index (χ1) is 17.6. The number of quaternary nitrogens is 1. The van der Waals surface area contributed by atoms with Gasteiger partial charge in [-0.3, -0.25) is 4.79 Å². The van der Waals surface area contributed by atoms with Crippen LogP contribution in [0, 0.1) is 5.92 Å². The first kappa shape index (κ1) is 23.3. The SMILES string of the molecule is O=C(C[N+]12CCC(CC1)[C@@H](OC(=O)[C@H](Nc1ccccc1)c1cc3ccccc3s1)C2)c1nccs1. The molecule has 2 atom stereocenters. The number of anilines is 1. The number of benzene rings is 2. The molecule has 0 radical (unpaired) electrons. The smallest absolute Gasteiger partial charge is 0.334 e. The maximum atomic E-state index is 13.7. The summed E-state index contributed by atoms with van der Waals surface area (Å²) in [6.07, 6.45) is 3.45. The topological polar surface area (TPSA) is 68.3 Å². The Kier molecular flexibility index (Phi) is 6.33. The average molecular weight is 519 g/mol. The number of nitrogens with one attached hydrogen (secondary N) is 1. The number of nitrogens with zero attached hydrogens (tertiary/aromatic N) is 2. The van der Waals surface area contributed by atoms with E-state index in [2.05, 4.69) is 28.5 Å². The number of fused-ring (bicyclic) bond motifs is 4. The van der Waals surface area contributed by atoms with Gasteiger partial charge in [0.05, 0.1) is 13.1 Å². The first-order valence-electron chi connectivity index (χ1n) is 12.4. The molecular formula is C28H28N3O3S2+. The molecule has 2 aromatic heterocycles. The highest BCUT2D eigenvalue weighted by Crippen LogP contribution is 2.38. The average Bonchev–Trinajstić information content (AvgIpc) is 3.59. The molecule has 3 saturated heterocycles. The number of ether oxygens (including phenoxy) is 1. The number of ketones is 1. The van der Waals surface area contributed by atoms with Crippen molar-refractivity contribution in [1.29, 1.82) is 0 Å². The Bertz CT molecular complexity index is 1330. The standard InChI is InChI=1S/C28H28N3O3S2/c32-22(27-29-12-15-35-27)17-31-13-10-19(11-14-31)23(18-31)34-28(33)26(30-21-7-2-1-3-8-21)25-16-20-6-4-5-9-24(20)36-25/h1-9,12,15-16,19,23,26,30H,10-11,13-14,17-18H2/q+1/t19?,23-,26+,31?/m0/s1. The number of piperidine rings is 3. The van der Waals surface area contributed by atoms with Crippen molar-refractivity contribution in [1.82, 2.24) is 4.98 Å². The van der Waals surface area contributed by atoms with Crippen molar-refractivity contribution in [3.05, 3.63) is 82.1 Å². The predicted molar refractivity (Wildman–Crippen MR) is 143 cm³/mol. The van der Waals surface area contributed by atoms with Crippen LogP contribution in [0.1, 0.15) is 33.6 Å². The number of hydrogen-bond donors (Lipinski definition) is 1. The zero-order chi connectivity index (χ0) is 24.5. The molecule has 2 bridgehead atoms. The van der Waals surface area contributed by atoms with E-state index in [0.29, 0.717) is 28.5 Å². The second kappa shape index (κ2) is 9.76. The monoisotopic (exact) mass is 518 g/mol. The summed E-state index contributed by atoms with van der Waals surface area (Å²) in [5.74, 6) is 0.182. The Balaban J connectivity index is 1.22. The number of hydrogen-bond acceptors (Lipinski definition) is 7. The summed E-state index contributed by atoms with van der Waals surface area (Å²) in [5, 5.41) is 6.95. The van der Waals surface area contributed by atoms with Crippen molar-refractivity contribution < 1.29 is 18.8 Å². The number of aromatic nitrogens is 1. The number of Topliss-reactive ketones (excluding diaryl/α,β-unsaturated/α-hetero) is 1. The summed E-state index contributed by atoms with van der Waals surface area (Å²) in [7, 11) is 0. The molecule has 6 nitrogen and oxygen atoms in total. The van der Waals surface area contributed by atoms with Crippen molar-refractivity contribution in [2.24, 2.45) is 5.92 Å². The maximum Gasteiger partial charge on any atom is 0.334 e. The molecule has 5 heterocycles. The Morgan fingerprint density at radius 2 is 1.86 bits per heavy atom. The number of carbonyl (C=O) groups is 2. The lowest BCUT2D eigenvalue weighted by Gasteiger charge is -2.51. The molecule has 4 aromatic rings. The van der Waals surface area contributed by atoms with E-state index in [9.17, 15) is 9.59 Å². The molecule has 0 saturated carbocycles. The van der Waals surface area contributed by atoms with Crippen LogP contribution in [0.25, 0.3) is 10.1 Å². The fourth-order valence-corrected chi connectivity index (χ4v) is 7.29. The Morgan fingerprint density at radius 1 is 1.08 bits per heavy atom. The lowest BCUT2D eigenvalue weighted by molar-refractivity contribution is -0.938. The van der Waals surface area contributed by atoms with Crippen LogP contribution in [0.3, 0.4) is 0 Å². The number of thiophene rings is 1. The number of esters is 1. The fraction of sp³-hybridized carbons (Fsp3) is 0.321. The van der Waals surface area contributed by atoms with Gasteiger partial charge < -0.3 is 14.5 Å². The lowest BCUT2D eigenvalue weighted by atomic mass is 9.83. The summed E-state index contributed by atoms with van der Waals surface area (Å²) in [6.45, 7) is 3.03. The van der Waals surface area contributed by atoms with Gasteiger partial charge >= 0.3 is 5.97 Å². The third-order valence-electron chi connectivity index (χ3n) is 7.51. The number of rotatable bonds is 8. The van der Waals surface area contributed by atoms with Gasteiger partial charge in [-0.25, -0.2) is 9.78 Å². The van der Waals surface area contributed by atoms with E-state index in [1.165, 1.54) is 11.3 Å². The van der Waals surface area contributed by atoms with E-state index in [-0.39, 0.29) is 17.9 Å². The van der Waals surface area contributed by atoms with Crippen LogP contribution in [-0.2, 0) is 9.53 Å². The van der Waals surface area contributed by atoms with Crippen LogP contribution in [0.2, 0.25) is 0 Å². The van der Waals surface area contributed by atoms with Gasteiger partial charge in [-0.05, 0) is 29.7 Å². The van der Waals surface area contributed by atoms with E-state index in [1.54, 1.807) is 17.5 Å². The van der Waals surface area contributed by atoms with Crippen LogP contribution in [0.4, 0.5) is 5.69 Å². The second-order valence-corrected chi connectivity index (χ2v) is 11.8. The molecule has 0 amide bonds. The van der Waals surface area contributed by atoms with Crippen LogP contribution >= 0.6 is 22.7 Å². The highest BCUT2D eigenvalue weighted by atomic mass is 32.1. The molecule has 7 rings (SSSR count). The van der Waals surface area contributed by atoms with Crippen LogP contribution in [0.5, 0.6) is 0 Å². The van der Waals surface area contributed by atoms with Gasteiger partial charge in [-0.2, -0.15) is 0 Å². The van der Waals surface area contributed by atoms with Crippen molar-refractivity contribution in [2.45, 2.75) is 25.0 Å². The maximum absolute atomic E-state index is 13.7. The fourth-order valence-electron chi connectivity index (χ4n) is 5.62.